The standard InChI is InChI=1S/C92H148O46/c1-13-36(3)45(126-54(101)25-41(98)24-46(37(4)14-2)127-80-64(111)58(105)48(30-94)128-80)23-40(97)26-55(102)132-70-39(6)125-82(73(67(70)114)136-79-66(113)61(108)69(38(5)124-79)133-78-63(110)59(106)49(32-122-78)130-84-75(116)91(120,34-96)35-123-84)138-85(119)92-22-21-86(7,8)27-43(92)42-15-16-51-87(9)19-18-53(88(10,33-95)50(87)17-20-89(51,11)90(42,12)28-52(92)100)131-83-74(137-81-65(112)60(107)57(104)47(29-93)129-81)71(68(115)72(135-83)76(117)118)134-77-62(109)56(103)44(99)31-121-77/h15,33,36-41,43-53,56-75,77-84,93-94,96-100,103-116,120H,13-14,16-32,34-35H2,1-12H3,(H,117,118). The Morgan fingerprint density at radius 2 is 1.07 bits per heavy atom. The van der Waals surface area contributed by atoms with E-state index in [2.05, 4.69) is 26.8 Å². The highest BCUT2D eigenvalue weighted by Gasteiger charge is 2.74. The van der Waals surface area contributed by atoms with E-state index in [4.69, 9.17) is 85.3 Å². The van der Waals surface area contributed by atoms with Gasteiger partial charge in [0.05, 0.1) is 101 Å². The molecule has 12 fully saturated rings. The van der Waals surface area contributed by atoms with Crippen molar-refractivity contribution in [2.24, 2.45) is 62.1 Å². The van der Waals surface area contributed by atoms with Crippen LogP contribution in [0.5, 0.6) is 0 Å². The number of carbonyl (C=O) groups excluding carboxylic acids is 4. The first-order valence-corrected chi connectivity index (χ1v) is 48.3. The average molecular weight is 1990 g/mol. The molecule has 0 aromatic heterocycles. The number of carboxylic acids is 1. The van der Waals surface area contributed by atoms with Gasteiger partial charge in [-0.15, -0.1) is 0 Å². The van der Waals surface area contributed by atoms with Crippen LogP contribution in [0.15, 0.2) is 11.6 Å². The minimum Gasteiger partial charge on any atom is -0.479 e. The fraction of sp³-hybridized carbons (Fsp3) is 0.924. The molecular weight excluding hydrogens is 1840 g/mol. The summed E-state index contributed by atoms with van der Waals surface area (Å²) in [7, 11) is 0. The molecular formula is C92H148O46. The maximum atomic E-state index is 16.4. The molecule has 13 aliphatic rings. The summed E-state index contributed by atoms with van der Waals surface area (Å²) in [6, 6.07) is 0. The number of hydrogen-bond acceptors (Lipinski definition) is 45. The summed E-state index contributed by atoms with van der Waals surface area (Å²) in [5, 5.41) is 256. The molecule has 8 aliphatic heterocycles. The van der Waals surface area contributed by atoms with E-state index in [1.54, 1.807) is 27.7 Å². The lowest BCUT2D eigenvalue weighted by Gasteiger charge is -2.71. The van der Waals surface area contributed by atoms with Crippen molar-refractivity contribution in [2.75, 3.05) is 39.6 Å². The van der Waals surface area contributed by atoms with E-state index in [1.165, 1.54) is 13.8 Å². The monoisotopic (exact) mass is 1990 g/mol. The summed E-state index contributed by atoms with van der Waals surface area (Å²) in [6.45, 7) is 17.7. The van der Waals surface area contributed by atoms with Gasteiger partial charge in [-0.25, -0.2) is 4.79 Å². The molecule has 792 valence electrons. The zero-order valence-electron chi connectivity index (χ0n) is 79.7. The first-order chi connectivity index (χ1) is 64.8. The molecule has 23 N–H and O–H groups in total. The molecule has 138 heavy (non-hydrogen) atoms. The first-order valence-electron chi connectivity index (χ1n) is 48.3. The van der Waals surface area contributed by atoms with Gasteiger partial charge >= 0.3 is 23.9 Å². The highest BCUT2D eigenvalue weighted by atomic mass is 16.8. The Morgan fingerprint density at radius 1 is 0.514 bits per heavy atom. The normalized spacial score (nSPS) is 48.7. The van der Waals surface area contributed by atoms with Crippen LogP contribution in [-0.4, -0.2) is 439 Å². The fourth-order valence-electron chi connectivity index (χ4n) is 24.1. The predicted octanol–water partition coefficient (Wildman–Crippen LogP) is -5.69. The van der Waals surface area contributed by atoms with Crippen molar-refractivity contribution in [3.8, 4) is 0 Å². The summed E-state index contributed by atoms with van der Waals surface area (Å²) in [6.07, 6.45) is -66.2. The van der Waals surface area contributed by atoms with Gasteiger partial charge < -0.3 is 208 Å². The van der Waals surface area contributed by atoms with E-state index in [-0.39, 0.29) is 43.9 Å². The van der Waals surface area contributed by atoms with Crippen molar-refractivity contribution in [3.05, 3.63) is 11.6 Å². The molecule has 51 atom stereocenters. The molecule has 0 bridgehead atoms. The Morgan fingerprint density at radius 3 is 1.70 bits per heavy atom. The van der Waals surface area contributed by atoms with Gasteiger partial charge in [-0.3, -0.25) is 14.4 Å². The Kier molecular flexibility index (Phi) is 35.5. The molecule has 13 rings (SSSR count). The third kappa shape index (κ3) is 21.4. The van der Waals surface area contributed by atoms with Crippen LogP contribution in [-0.2, 0) is 109 Å². The molecule has 5 aliphatic carbocycles. The maximum Gasteiger partial charge on any atom is 0.335 e. The minimum absolute atomic E-state index is 0.0152. The van der Waals surface area contributed by atoms with E-state index in [0.29, 0.717) is 51.4 Å². The van der Waals surface area contributed by atoms with Crippen molar-refractivity contribution < 1.29 is 227 Å². The van der Waals surface area contributed by atoms with Crippen molar-refractivity contribution in [3.63, 3.8) is 0 Å². The number of carboxylic acid groups (broad SMARTS) is 1. The van der Waals surface area contributed by atoms with E-state index >= 15 is 4.79 Å². The number of esters is 3. The van der Waals surface area contributed by atoms with Gasteiger partial charge in [0.15, 0.2) is 62.3 Å². The Bertz CT molecular complexity index is 4100. The smallest absolute Gasteiger partial charge is 0.335 e. The zero-order chi connectivity index (χ0) is 101. The van der Waals surface area contributed by atoms with Gasteiger partial charge in [0.1, 0.15) is 152 Å². The molecule has 8 saturated heterocycles. The van der Waals surface area contributed by atoms with E-state index in [1.807, 2.05) is 20.8 Å². The van der Waals surface area contributed by atoms with E-state index < -0.39 is 378 Å². The third-order valence-electron chi connectivity index (χ3n) is 33.3. The van der Waals surface area contributed by atoms with Crippen LogP contribution in [0.4, 0.5) is 0 Å². The molecule has 51 unspecified atom stereocenters. The number of ether oxygens (including phenoxy) is 18. The van der Waals surface area contributed by atoms with Crippen molar-refractivity contribution in [2.45, 2.75) is 431 Å². The molecule has 4 saturated carbocycles. The number of fused-ring (bicyclic) bond motifs is 7. The number of aliphatic hydroxyl groups is 22. The third-order valence-corrected chi connectivity index (χ3v) is 33.3. The van der Waals surface area contributed by atoms with Gasteiger partial charge in [0, 0.05) is 12.8 Å². The number of allylic oxidation sites excluding steroid dienone is 2. The lowest BCUT2D eigenvalue weighted by Crippen LogP contribution is -2.69. The van der Waals surface area contributed by atoms with Crippen LogP contribution < -0.4 is 0 Å². The molecule has 46 nitrogen and oxygen atoms in total. The second-order valence-electron chi connectivity index (χ2n) is 42.6. The zero-order valence-corrected chi connectivity index (χ0v) is 79.7. The molecule has 0 amide bonds. The van der Waals surface area contributed by atoms with Crippen LogP contribution in [0.25, 0.3) is 0 Å². The first kappa shape index (κ1) is 111. The van der Waals surface area contributed by atoms with E-state index in [9.17, 15) is 137 Å². The van der Waals surface area contributed by atoms with Gasteiger partial charge in [-0.2, -0.15) is 0 Å². The summed E-state index contributed by atoms with van der Waals surface area (Å²) < 4.78 is 108. The van der Waals surface area contributed by atoms with Gasteiger partial charge in [-0.1, -0.05) is 93.7 Å². The molecule has 0 spiro atoms. The second-order valence-corrected chi connectivity index (χ2v) is 42.6. The van der Waals surface area contributed by atoms with Gasteiger partial charge in [0.2, 0.25) is 6.29 Å². The van der Waals surface area contributed by atoms with E-state index in [0.717, 1.165) is 11.9 Å². The number of aliphatic hydroxyl groups excluding tert-OH is 21. The lowest BCUT2D eigenvalue weighted by molar-refractivity contribution is -0.391. The van der Waals surface area contributed by atoms with Gasteiger partial charge in [0.25, 0.3) is 0 Å². The lowest BCUT2D eigenvalue weighted by atomic mass is 9.33. The van der Waals surface area contributed by atoms with Crippen molar-refractivity contribution >= 4 is 30.2 Å². The molecule has 8 heterocycles. The van der Waals surface area contributed by atoms with Crippen LogP contribution in [0, 0.1) is 62.1 Å². The second kappa shape index (κ2) is 44.1. The summed E-state index contributed by atoms with van der Waals surface area (Å²) in [5.41, 5.74) is -7.63. The highest BCUT2D eigenvalue weighted by Crippen LogP contribution is 2.76. The van der Waals surface area contributed by atoms with Crippen molar-refractivity contribution in [1.29, 1.82) is 0 Å². The Hall–Kier alpha value is -4.19. The number of carbonyl (C=O) groups is 5. The minimum atomic E-state index is -2.26. The fourth-order valence-corrected chi connectivity index (χ4v) is 24.1. The number of aliphatic carboxylic acids is 1. The van der Waals surface area contributed by atoms with Crippen molar-refractivity contribution in [1.82, 2.24) is 0 Å². The van der Waals surface area contributed by atoms with Crippen LogP contribution in [0.1, 0.15) is 179 Å². The number of aldehydes is 1. The predicted molar refractivity (Wildman–Crippen MR) is 458 cm³/mol. The average Bonchev–Trinajstić information content (AvgIpc) is 0.727. The molecule has 46 heteroatoms. The number of rotatable bonds is 35. The number of hydrogen-bond donors (Lipinski definition) is 23. The SMILES string of the molecule is CCC(C)C(CC(O)CC(=O)OC1C(C)OC(OC(=O)C23CCC(C)(C)CC2C2=CCC4C5(C)CCC(OC6OC(C(=O)O)C(O)C(OC7OCC(O)C(O)C7O)C6OC6OC(CO)C(O)C(O)C6O)C(C)(C=O)C5CCC4(C)C2(C)CC3O)C(OC2OC(C)C(OC3OCC(OC4OCC(O)(CO)C4O)C(O)C3O)C(O)C2O)C1O)OC(=O)CC(O)CC(OC1OC(CO)C(O)C1O)C(C)CC. The van der Waals surface area contributed by atoms with Crippen LogP contribution in [0.2, 0.25) is 0 Å². The quantitative estimate of drug-likeness (QED) is 0.00924. The Balaban J connectivity index is 0.743. The topological polar surface area (TPSA) is 717 Å². The highest BCUT2D eigenvalue weighted by molar-refractivity contribution is 5.80. The summed E-state index contributed by atoms with van der Waals surface area (Å²) in [4.78, 5) is 72.0. The Labute approximate surface area is 797 Å². The molecule has 0 aromatic rings. The molecule has 0 aromatic carbocycles. The van der Waals surface area contributed by atoms with Crippen LogP contribution in [0.3, 0.4) is 0 Å². The largest absolute Gasteiger partial charge is 0.479 e. The summed E-state index contributed by atoms with van der Waals surface area (Å²) in [5.74, 6) is -7.23. The summed E-state index contributed by atoms with van der Waals surface area (Å²) >= 11 is 0. The maximum absolute atomic E-state index is 16.4. The van der Waals surface area contributed by atoms with Gasteiger partial charge in [-0.05, 0) is 123 Å². The van der Waals surface area contributed by atoms with Crippen LogP contribution >= 0.6 is 0 Å². The molecule has 0 radical (unpaired) electrons.